The number of hydrogen-bond donors (Lipinski definition) is 1. The maximum absolute atomic E-state index is 13.6. The highest BCUT2D eigenvalue weighted by atomic mass is 127. The van der Waals surface area contributed by atoms with E-state index in [4.69, 9.17) is 9.47 Å². The molecule has 5 nitrogen and oxygen atoms in total. The van der Waals surface area contributed by atoms with Crippen LogP contribution in [0.25, 0.3) is 11.1 Å². The van der Waals surface area contributed by atoms with Gasteiger partial charge in [-0.1, -0.05) is 60.7 Å². The van der Waals surface area contributed by atoms with Crippen LogP contribution in [0.2, 0.25) is 0 Å². The molecule has 6 heteroatoms. The van der Waals surface area contributed by atoms with E-state index < -0.39 is 17.1 Å². The second-order valence-corrected chi connectivity index (χ2v) is 12.9. The molecule has 1 N–H and O–H groups in total. The number of halogens is 1. The van der Waals surface area contributed by atoms with Gasteiger partial charge in [0.25, 0.3) is 0 Å². The van der Waals surface area contributed by atoms with Crippen LogP contribution >= 0.6 is 0 Å². The molecule has 3 unspecified atom stereocenters. The average molecular weight is 650 g/mol. The van der Waals surface area contributed by atoms with E-state index in [1.54, 1.807) is 6.07 Å². The Bertz CT molecular complexity index is 1490. The topological polar surface area (TPSA) is 55.8 Å². The van der Waals surface area contributed by atoms with Crippen molar-refractivity contribution < 1.29 is 47.8 Å². The number of likely N-dealkylation sites (N-methyl/N-ethyl adjacent to an activating group) is 1. The molecule has 0 radical (unpaired) electrons. The van der Waals surface area contributed by atoms with Crippen LogP contribution in [-0.2, 0) is 28.0 Å². The van der Waals surface area contributed by atoms with Crippen molar-refractivity contribution in [1.29, 1.82) is 0 Å². The number of benzene rings is 3. The van der Waals surface area contributed by atoms with Crippen molar-refractivity contribution in [3.63, 3.8) is 0 Å². The lowest BCUT2D eigenvalue weighted by atomic mass is 9.48. The fourth-order valence-electron chi connectivity index (χ4n) is 8.95. The van der Waals surface area contributed by atoms with Gasteiger partial charge >= 0.3 is 0 Å². The van der Waals surface area contributed by atoms with Crippen LogP contribution in [-0.4, -0.2) is 53.3 Å². The minimum absolute atomic E-state index is 0. The smallest absolute Gasteiger partial charge is 0.174 e. The number of Topliss-reactive ketones (excluding diaryl/α,β-unsaturated/α-hetero) is 1. The number of aromatic hydroxyl groups is 1. The Labute approximate surface area is 253 Å². The predicted molar refractivity (Wildman–Crippen MR) is 149 cm³/mol. The molecule has 3 aromatic carbocycles. The van der Waals surface area contributed by atoms with E-state index in [1.807, 2.05) is 6.07 Å². The molecule has 2 heterocycles. The molecule has 40 heavy (non-hydrogen) atoms. The van der Waals surface area contributed by atoms with Gasteiger partial charge in [-0.2, -0.15) is 0 Å². The minimum Gasteiger partial charge on any atom is -1.00 e. The maximum atomic E-state index is 13.6. The molecule has 1 spiro atoms. The molecule has 5 atom stereocenters. The number of ether oxygens (including phenoxy) is 2. The van der Waals surface area contributed by atoms with Crippen molar-refractivity contribution in [3.8, 4) is 22.6 Å². The van der Waals surface area contributed by atoms with Gasteiger partial charge in [0.1, 0.15) is 11.6 Å². The molecule has 2 saturated carbocycles. The van der Waals surface area contributed by atoms with Crippen LogP contribution in [0.3, 0.4) is 0 Å². The van der Waals surface area contributed by atoms with E-state index in [2.05, 4.69) is 61.6 Å². The van der Waals surface area contributed by atoms with E-state index in [9.17, 15) is 9.90 Å². The Hall–Kier alpha value is -2.42. The summed E-state index contributed by atoms with van der Waals surface area (Å²) < 4.78 is 14.9. The number of phenolic OH excluding ortho intramolecular Hbond substituents is 1. The van der Waals surface area contributed by atoms with Crippen LogP contribution in [0.1, 0.15) is 48.8 Å². The van der Waals surface area contributed by atoms with Crippen molar-refractivity contribution in [2.75, 3.05) is 20.1 Å². The quantitative estimate of drug-likeness (QED) is 0.330. The second kappa shape index (κ2) is 9.30. The molecular formula is C34H36INO4. The monoisotopic (exact) mass is 649 g/mol. The zero-order valence-electron chi connectivity index (χ0n) is 22.9. The summed E-state index contributed by atoms with van der Waals surface area (Å²) >= 11 is 0. The Morgan fingerprint density at radius 3 is 2.60 bits per heavy atom. The van der Waals surface area contributed by atoms with Gasteiger partial charge in [-0.3, -0.25) is 4.79 Å². The van der Waals surface area contributed by atoms with Crippen molar-refractivity contribution in [2.24, 2.45) is 5.92 Å². The molecule has 0 aromatic heterocycles. The van der Waals surface area contributed by atoms with Gasteiger partial charge in [-0.05, 0) is 47.6 Å². The minimum atomic E-state index is -0.588. The normalized spacial score (nSPS) is 33.1. The first-order chi connectivity index (χ1) is 19.0. The molecule has 3 fully saturated rings. The summed E-state index contributed by atoms with van der Waals surface area (Å²) in [6.45, 7) is 2.66. The molecule has 208 valence electrons. The fourth-order valence-corrected chi connectivity index (χ4v) is 8.95. The third kappa shape index (κ3) is 3.54. The van der Waals surface area contributed by atoms with E-state index in [1.165, 1.54) is 41.6 Å². The van der Waals surface area contributed by atoms with Gasteiger partial charge in [-0.25, -0.2) is 0 Å². The Morgan fingerprint density at radius 1 is 1.02 bits per heavy atom. The van der Waals surface area contributed by atoms with Gasteiger partial charge in [0.2, 0.25) is 0 Å². The molecule has 2 bridgehead atoms. The van der Waals surface area contributed by atoms with Crippen LogP contribution in [0.5, 0.6) is 11.5 Å². The lowest BCUT2D eigenvalue weighted by molar-refractivity contribution is -0.950. The summed E-state index contributed by atoms with van der Waals surface area (Å²) in [4.78, 5) is 13.6. The SMILES string of the molecule is C[N@+]1(CC2CC2)CC[C@]23c4c5ccc(O)c4OC2C(=O)CCC3(OCc2ccccc2-c2ccccc2)C1C5.[I-]. The summed E-state index contributed by atoms with van der Waals surface area (Å²) in [7, 11) is 2.44. The molecule has 8 rings (SSSR count). The Morgan fingerprint density at radius 2 is 1.80 bits per heavy atom. The summed E-state index contributed by atoms with van der Waals surface area (Å²) in [5.41, 5.74) is 4.73. The van der Waals surface area contributed by atoms with Gasteiger partial charge in [0, 0.05) is 30.7 Å². The van der Waals surface area contributed by atoms with Crippen molar-refractivity contribution in [3.05, 3.63) is 83.4 Å². The molecule has 1 saturated heterocycles. The van der Waals surface area contributed by atoms with Crippen molar-refractivity contribution in [1.82, 2.24) is 0 Å². The third-order valence-corrected chi connectivity index (χ3v) is 10.8. The number of quaternary nitrogens is 1. The van der Waals surface area contributed by atoms with Gasteiger partial charge < -0.3 is 43.0 Å². The van der Waals surface area contributed by atoms with Crippen LogP contribution in [0.4, 0.5) is 0 Å². The molecule has 3 aliphatic carbocycles. The lowest BCUT2D eigenvalue weighted by Crippen LogP contribution is -3.00. The number of nitrogens with zero attached hydrogens (tertiary/aromatic N) is 1. The van der Waals surface area contributed by atoms with Gasteiger partial charge in [0.05, 0.1) is 32.2 Å². The molecule has 5 aliphatic rings. The van der Waals surface area contributed by atoms with E-state index >= 15 is 0 Å². The first-order valence-electron chi connectivity index (χ1n) is 14.6. The number of carbonyl (C=O) groups is 1. The number of carbonyl (C=O) groups excluding carboxylic acids is 1. The van der Waals surface area contributed by atoms with E-state index in [-0.39, 0.29) is 41.6 Å². The maximum Gasteiger partial charge on any atom is 0.174 e. The zero-order valence-corrected chi connectivity index (χ0v) is 25.1. The highest BCUT2D eigenvalue weighted by molar-refractivity contribution is 5.90. The van der Waals surface area contributed by atoms with E-state index in [0.29, 0.717) is 25.2 Å². The van der Waals surface area contributed by atoms with Crippen molar-refractivity contribution >= 4 is 5.78 Å². The highest BCUT2D eigenvalue weighted by Gasteiger charge is 2.77. The largest absolute Gasteiger partial charge is 1.00 e. The van der Waals surface area contributed by atoms with Crippen molar-refractivity contribution in [2.45, 2.75) is 68.3 Å². The third-order valence-electron chi connectivity index (χ3n) is 10.8. The highest BCUT2D eigenvalue weighted by Crippen LogP contribution is 2.67. The van der Waals surface area contributed by atoms with Gasteiger partial charge in [0.15, 0.2) is 23.4 Å². The molecule has 2 aliphatic heterocycles. The predicted octanol–water partition coefficient (Wildman–Crippen LogP) is 2.57. The molecule has 3 aromatic rings. The number of hydrogen-bond acceptors (Lipinski definition) is 4. The summed E-state index contributed by atoms with van der Waals surface area (Å²) in [5, 5.41) is 10.9. The van der Waals surface area contributed by atoms with Crippen LogP contribution in [0, 0.1) is 5.92 Å². The van der Waals surface area contributed by atoms with Crippen LogP contribution < -0.4 is 28.7 Å². The number of rotatable bonds is 6. The Kier molecular flexibility index (Phi) is 6.15. The summed E-state index contributed by atoms with van der Waals surface area (Å²) in [6.07, 6.45) is 4.94. The average Bonchev–Trinajstić information content (AvgIpc) is 3.69. The zero-order chi connectivity index (χ0) is 26.4. The van der Waals surface area contributed by atoms with Crippen LogP contribution in [0.15, 0.2) is 66.7 Å². The standard InChI is InChI=1S/C34H35NO4.HI/c1-35(20-22-11-12-22)18-17-33-30-24-13-14-27(36)31(30)39-32(33)28(37)15-16-34(33,29(35)19-24)38-21-25-9-5-6-10-26(25)23-7-3-2-4-8-23;/h2-10,13-14,22,29,32H,11-12,15-21H2,1H3;1H/t29?,32?,33-,34?,35+;/m0./s1. The lowest BCUT2D eigenvalue weighted by Gasteiger charge is -2.66. The molecular weight excluding hydrogens is 613 g/mol. The number of ketones is 1. The second-order valence-electron chi connectivity index (χ2n) is 12.9. The van der Waals surface area contributed by atoms with E-state index in [0.717, 1.165) is 35.4 Å². The number of piperidine rings is 1. The molecule has 0 amide bonds. The number of likely N-dealkylation sites (tertiary alicyclic amines) is 1. The Balaban J connectivity index is 0.00000264. The van der Waals surface area contributed by atoms with Gasteiger partial charge in [-0.15, -0.1) is 0 Å². The number of phenols is 1. The summed E-state index contributed by atoms with van der Waals surface area (Å²) in [6, 6.07) is 23.1. The summed E-state index contributed by atoms with van der Waals surface area (Å²) in [5.74, 6) is 1.62. The first-order valence-corrected chi connectivity index (χ1v) is 14.6. The fraction of sp³-hybridized carbons (Fsp3) is 0.441. The first kappa shape index (κ1) is 26.5.